The molecule has 0 radical (unpaired) electrons. The second-order valence-corrected chi connectivity index (χ2v) is 7.08. The fourth-order valence-electron chi connectivity index (χ4n) is 2.44. The van der Waals surface area contributed by atoms with E-state index in [1.54, 1.807) is 23.5 Å². The van der Waals surface area contributed by atoms with Crippen molar-refractivity contribution >= 4 is 23.3 Å². The van der Waals surface area contributed by atoms with Gasteiger partial charge >= 0.3 is 5.97 Å². The van der Waals surface area contributed by atoms with E-state index >= 15 is 0 Å². The van der Waals surface area contributed by atoms with Gasteiger partial charge in [-0.1, -0.05) is 6.07 Å². The Bertz CT molecular complexity index is 789. The molecule has 2 aromatic rings. The smallest absolute Gasteiger partial charge is 0.341 e. The molecule has 1 aromatic carbocycles. The molecule has 0 amide bonds. The van der Waals surface area contributed by atoms with Crippen LogP contribution in [0.25, 0.3) is 0 Å². The zero-order valence-corrected chi connectivity index (χ0v) is 17.0. The second kappa shape index (κ2) is 10.5. The number of aromatic nitrogens is 1. The lowest BCUT2D eigenvalue weighted by atomic mass is 10.1. The predicted octanol–water partition coefficient (Wildman–Crippen LogP) is 2.54. The summed E-state index contributed by atoms with van der Waals surface area (Å²) in [5.74, 6) is 0.779. The van der Waals surface area contributed by atoms with E-state index in [4.69, 9.17) is 9.47 Å². The largest absolute Gasteiger partial charge is 0.496 e. The molecule has 0 aliphatic carbocycles. The Kier molecular flexibility index (Phi) is 8.06. The zero-order chi connectivity index (χ0) is 19.6. The van der Waals surface area contributed by atoms with Crippen LogP contribution in [0.15, 0.2) is 29.4 Å². The number of esters is 1. The third-order valence-corrected chi connectivity index (χ3v) is 4.71. The number of thiazole rings is 1. The minimum atomic E-state index is -0.429. The summed E-state index contributed by atoms with van der Waals surface area (Å²) in [6.07, 6.45) is 2.74. The molecule has 0 aliphatic heterocycles. The van der Waals surface area contributed by atoms with Crippen LogP contribution in [0.4, 0.5) is 0 Å². The van der Waals surface area contributed by atoms with Crippen molar-refractivity contribution in [2.75, 3.05) is 27.3 Å². The highest BCUT2D eigenvalue weighted by atomic mass is 32.1. The molecule has 146 valence electrons. The molecule has 0 atom stereocenters. The first-order valence-electron chi connectivity index (χ1n) is 8.76. The number of nitrogens with one attached hydrogen (secondary N) is 2. The van der Waals surface area contributed by atoms with Gasteiger partial charge in [0.15, 0.2) is 5.96 Å². The first-order valence-corrected chi connectivity index (χ1v) is 9.57. The normalized spacial score (nSPS) is 11.2. The monoisotopic (exact) mass is 390 g/mol. The van der Waals surface area contributed by atoms with Crippen LogP contribution >= 0.6 is 11.3 Å². The van der Waals surface area contributed by atoms with Gasteiger partial charge < -0.3 is 20.1 Å². The number of carbonyl (C=O) groups excluding carboxylic acids is 1. The Morgan fingerprint density at radius 2 is 2.11 bits per heavy atom. The average molecular weight is 391 g/mol. The standard InChI is InChI=1S/C19H26N4O3S/c1-5-20-19(21-9-8-17-22-11-13(2)27-17)23-12-14-6-7-16(25-3)15(10-14)18(24)26-4/h6-7,10-11H,5,8-9,12H2,1-4H3,(H2,20,21,23). The predicted molar refractivity (Wildman–Crippen MR) is 108 cm³/mol. The lowest BCUT2D eigenvalue weighted by Gasteiger charge is -2.11. The molecule has 1 heterocycles. The number of guanidine groups is 1. The number of methoxy groups -OCH3 is 2. The number of aryl methyl sites for hydroxylation is 1. The Hall–Kier alpha value is -2.61. The van der Waals surface area contributed by atoms with E-state index in [0.29, 0.717) is 17.9 Å². The number of benzene rings is 1. The van der Waals surface area contributed by atoms with E-state index < -0.39 is 5.97 Å². The summed E-state index contributed by atoms with van der Waals surface area (Å²) in [6.45, 7) is 6.01. The van der Waals surface area contributed by atoms with Gasteiger partial charge in [0.1, 0.15) is 11.3 Å². The van der Waals surface area contributed by atoms with Gasteiger partial charge in [0.2, 0.25) is 0 Å². The maximum Gasteiger partial charge on any atom is 0.341 e. The summed E-state index contributed by atoms with van der Waals surface area (Å²) >= 11 is 1.71. The number of aliphatic imine (C=N–C) groups is 1. The van der Waals surface area contributed by atoms with Gasteiger partial charge in [0.25, 0.3) is 0 Å². The van der Waals surface area contributed by atoms with Crippen LogP contribution in [0.2, 0.25) is 0 Å². The number of rotatable bonds is 8. The van der Waals surface area contributed by atoms with Crippen LogP contribution in [0.5, 0.6) is 5.75 Å². The van der Waals surface area contributed by atoms with E-state index in [-0.39, 0.29) is 0 Å². The minimum absolute atomic E-state index is 0.393. The van der Waals surface area contributed by atoms with Gasteiger partial charge in [-0.3, -0.25) is 0 Å². The summed E-state index contributed by atoms with van der Waals surface area (Å²) in [5.41, 5.74) is 1.29. The van der Waals surface area contributed by atoms with Gasteiger partial charge in [0.05, 0.1) is 25.8 Å². The second-order valence-electron chi connectivity index (χ2n) is 5.76. The summed E-state index contributed by atoms with van der Waals surface area (Å²) in [6, 6.07) is 5.38. The van der Waals surface area contributed by atoms with Crippen LogP contribution in [-0.2, 0) is 17.7 Å². The van der Waals surface area contributed by atoms with Crippen molar-refractivity contribution in [3.05, 3.63) is 45.4 Å². The highest BCUT2D eigenvalue weighted by Gasteiger charge is 2.13. The Morgan fingerprint density at radius 1 is 1.30 bits per heavy atom. The number of carbonyl (C=O) groups is 1. The van der Waals surface area contributed by atoms with Crippen molar-refractivity contribution in [1.29, 1.82) is 0 Å². The number of hydrogen-bond donors (Lipinski definition) is 2. The molecule has 0 aliphatic rings. The van der Waals surface area contributed by atoms with Gasteiger partial charge in [-0.25, -0.2) is 14.8 Å². The fraction of sp³-hybridized carbons (Fsp3) is 0.421. The van der Waals surface area contributed by atoms with Gasteiger partial charge in [0, 0.05) is 30.6 Å². The number of nitrogens with zero attached hydrogens (tertiary/aromatic N) is 2. The van der Waals surface area contributed by atoms with Crippen LogP contribution in [-0.4, -0.2) is 44.2 Å². The lowest BCUT2D eigenvalue weighted by molar-refractivity contribution is 0.0597. The summed E-state index contributed by atoms with van der Waals surface area (Å²) in [5, 5.41) is 7.64. The highest BCUT2D eigenvalue weighted by molar-refractivity contribution is 7.11. The van der Waals surface area contributed by atoms with Crippen molar-refractivity contribution in [2.45, 2.75) is 26.8 Å². The van der Waals surface area contributed by atoms with E-state index in [1.807, 2.05) is 19.2 Å². The van der Waals surface area contributed by atoms with Crippen LogP contribution < -0.4 is 15.4 Å². The number of hydrogen-bond acceptors (Lipinski definition) is 6. The molecular weight excluding hydrogens is 364 g/mol. The maximum atomic E-state index is 11.9. The van der Waals surface area contributed by atoms with E-state index in [9.17, 15) is 4.79 Å². The molecule has 0 saturated heterocycles. The van der Waals surface area contributed by atoms with E-state index in [2.05, 4.69) is 27.5 Å². The van der Waals surface area contributed by atoms with Crippen LogP contribution in [0.3, 0.4) is 0 Å². The summed E-state index contributed by atoms with van der Waals surface area (Å²) < 4.78 is 10.0. The first-order chi connectivity index (χ1) is 13.1. The Balaban J connectivity index is 2.01. The summed E-state index contributed by atoms with van der Waals surface area (Å²) in [4.78, 5) is 22.1. The van der Waals surface area contributed by atoms with E-state index in [0.717, 1.165) is 36.0 Å². The van der Waals surface area contributed by atoms with Crippen molar-refractivity contribution in [3.8, 4) is 5.75 Å². The van der Waals surface area contributed by atoms with Gasteiger partial charge in [-0.2, -0.15) is 0 Å². The van der Waals surface area contributed by atoms with Crippen molar-refractivity contribution in [2.24, 2.45) is 4.99 Å². The SMILES string of the molecule is CCNC(=NCc1ccc(OC)c(C(=O)OC)c1)NCCc1ncc(C)s1. The van der Waals surface area contributed by atoms with E-state index in [1.165, 1.54) is 19.1 Å². The summed E-state index contributed by atoms with van der Waals surface area (Å²) in [7, 11) is 2.88. The molecular formula is C19H26N4O3S. The topological polar surface area (TPSA) is 84.8 Å². The quantitative estimate of drug-likeness (QED) is 0.409. The molecule has 2 N–H and O–H groups in total. The van der Waals surface area contributed by atoms with Gasteiger partial charge in [-0.15, -0.1) is 11.3 Å². The fourth-order valence-corrected chi connectivity index (χ4v) is 3.23. The molecule has 0 bridgehead atoms. The molecule has 2 rings (SSSR count). The maximum absolute atomic E-state index is 11.9. The zero-order valence-electron chi connectivity index (χ0n) is 16.2. The van der Waals surface area contributed by atoms with Crippen molar-refractivity contribution in [3.63, 3.8) is 0 Å². The van der Waals surface area contributed by atoms with Gasteiger partial charge in [-0.05, 0) is 31.5 Å². The molecule has 7 nitrogen and oxygen atoms in total. The third kappa shape index (κ3) is 6.25. The van der Waals surface area contributed by atoms with Crippen molar-refractivity contribution in [1.82, 2.24) is 15.6 Å². The van der Waals surface area contributed by atoms with Crippen LogP contribution in [0.1, 0.15) is 32.7 Å². The molecule has 1 aromatic heterocycles. The molecule has 0 saturated carbocycles. The molecule has 27 heavy (non-hydrogen) atoms. The van der Waals surface area contributed by atoms with Crippen LogP contribution in [0, 0.1) is 6.92 Å². The first kappa shape index (κ1) is 20.7. The molecule has 0 spiro atoms. The molecule has 8 heteroatoms. The lowest BCUT2D eigenvalue weighted by Crippen LogP contribution is -2.38. The molecule has 0 unspecified atom stereocenters. The average Bonchev–Trinajstić information content (AvgIpc) is 3.10. The van der Waals surface area contributed by atoms with Crippen molar-refractivity contribution < 1.29 is 14.3 Å². The Morgan fingerprint density at radius 3 is 2.74 bits per heavy atom. The highest BCUT2D eigenvalue weighted by Crippen LogP contribution is 2.21. The number of ether oxygens (including phenoxy) is 2. The third-order valence-electron chi connectivity index (χ3n) is 3.73. The minimum Gasteiger partial charge on any atom is -0.496 e. The Labute approximate surface area is 163 Å². The molecule has 0 fully saturated rings.